The molecule has 3 nitrogen and oxygen atoms in total. The minimum atomic E-state index is -0.0632. The normalized spacial score (nSPS) is 8.42. The van der Waals surface area contributed by atoms with Crippen LogP contribution in [-0.2, 0) is 0 Å². The van der Waals surface area contributed by atoms with E-state index in [2.05, 4.69) is 21.8 Å². The van der Waals surface area contributed by atoms with E-state index in [1.807, 2.05) is 0 Å². The van der Waals surface area contributed by atoms with Gasteiger partial charge < -0.3 is 0 Å². The third kappa shape index (κ3) is 2.17. The van der Waals surface area contributed by atoms with Crippen molar-refractivity contribution in [2.24, 2.45) is 0 Å². The summed E-state index contributed by atoms with van der Waals surface area (Å²) in [5.74, 6) is 5.28. The molecule has 1 aromatic rings. The van der Waals surface area contributed by atoms with Gasteiger partial charge >= 0.3 is 0 Å². The number of carbonyl (C=O) groups excluding carboxylic acids is 1. The quantitative estimate of drug-likeness (QED) is 0.480. The van der Waals surface area contributed by atoms with Gasteiger partial charge in [0.25, 0.3) is 0 Å². The molecule has 0 aliphatic rings. The zero-order chi connectivity index (χ0) is 8.81. The molecule has 0 saturated heterocycles. The van der Waals surface area contributed by atoms with Crippen molar-refractivity contribution in [1.82, 2.24) is 9.97 Å². The molecule has 1 aromatic heterocycles. The molecular formula is C9H8N2O. The number of aromatic nitrogens is 2. The van der Waals surface area contributed by atoms with Crippen molar-refractivity contribution in [3.63, 3.8) is 0 Å². The van der Waals surface area contributed by atoms with Gasteiger partial charge in [-0.25, -0.2) is 9.97 Å². The Kier molecular flexibility index (Phi) is 2.97. The summed E-state index contributed by atoms with van der Waals surface area (Å²) in [4.78, 5) is 18.7. The highest BCUT2D eigenvalue weighted by atomic mass is 16.1. The minimum Gasteiger partial charge on any atom is -0.291 e. The van der Waals surface area contributed by atoms with Crippen LogP contribution in [0.15, 0.2) is 18.6 Å². The van der Waals surface area contributed by atoms with E-state index in [-0.39, 0.29) is 12.2 Å². The van der Waals surface area contributed by atoms with Crippen LogP contribution in [0.3, 0.4) is 0 Å². The van der Waals surface area contributed by atoms with Crippen LogP contribution in [0.2, 0.25) is 0 Å². The van der Waals surface area contributed by atoms with Crippen LogP contribution in [-0.4, -0.2) is 15.8 Å². The number of hydrogen-bond acceptors (Lipinski definition) is 3. The van der Waals surface area contributed by atoms with Crippen LogP contribution in [0.25, 0.3) is 0 Å². The topological polar surface area (TPSA) is 42.9 Å². The first kappa shape index (κ1) is 8.41. The third-order valence-corrected chi connectivity index (χ3v) is 1.29. The Morgan fingerprint density at radius 2 is 2.50 bits per heavy atom. The zero-order valence-electron chi connectivity index (χ0n) is 6.74. The molecule has 3 heteroatoms. The van der Waals surface area contributed by atoms with Gasteiger partial charge in [0, 0.05) is 6.20 Å². The highest BCUT2D eigenvalue weighted by Gasteiger charge is 2.03. The highest BCUT2D eigenvalue weighted by molar-refractivity contribution is 5.95. The highest BCUT2D eigenvalue weighted by Crippen LogP contribution is 1.95. The zero-order valence-corrected chi connectivity index (χ0v) is 6.74. The van der Waals surface area contributed by atoms with E-state index in [0.717, 1.165) is 0 Å². The van der Waals surface area contributed by atoms with Gasteiger partial charge in [0.1, 0.15) is 12.0 Å². The lowest BCUT2D eigenvalue weighted by Crippen LogP contribution is -2.00. The van der Waals surface area contributed by atoms with Crippen molar-refractivity contribution in [1.29, 1.82) is 0 Å². The number of ketones is 1. The van der Waals surface area contributed by atoms with Crippen LogP contribution < -0.4 is 0 Å². The van der Waals surface area contributed by atoms with Crippen LogP contribution in [0.1, 0.15) is 23.8 Å². The van der Waals surface area contributed by atoms with Gasteiger partial charge in [0.05, 0.1) is 6.42 Å². The molecule has 0 saturated carbocycles. The second-order valence-electron chi connectivity index (χ2n) is 2.12. The molecular weight excluding hydrogens is 152 g/mol. The van der Waals surface area contributed by atoms with Crippen molar-refractivity contribution >= 4 is 5.78 Å². The maximum atomic E-state index is 11.2. The summed E-state index contributed by atoms with van der Waals surface area (Å²) in [5, 5.41) is 0. The Balaban J connectivity index is 2.70. The van der Waals surface area contributed by atoms with Crippen molar-refractivity contribution < 1.29 is 4.79 Å². The van der Waals surface area contributed by atoms with Crippen LogP contribution >= 0.6 is 0 Å². The molecule has 12 heavy (non-hydrogen) atoms. The Labute approximate surface area is 70.9 Å². The van der Waals surface area contributed by atoms with E-state index >= 15 is 0 Å². The summed E-state index contributed by atoms with van der Waals surface area (Å²) >= 11 is 0. The molecule has 0 amide bonds. The van der Waals surface area contributed by atoms with Crippen LogP contribution in [0, 0.1) is 11.8 Å². The number of nitrogens with zero attached hydrogens (tertiary/aromatic N) is 2. The van der Waals surface area contributed by atoms with Crippen molar-refractivity contribution in [2.75, 3.05) is 0 Å². The predicted molar refractivity (Wildman–Crippen MR) is 44.4 cm³/mol. The van der Waals surface area contributed by atoms with E-state index in [0.29, 0.717) is 5.69 Å². The lowest BCUT2D eigenvalue weighted by atomic mass is 10.2. The van der Waals surface area contributed by atoms with Gasteiger partial charge in [-0.05, 0) is 13.0 Å². The first-order valence-electron chi connectivity index (χ1n) is 3.53. The molecule has 0 bridgehead atoms. The number of rotatable bonds is 2. The summed E-state index contributed by atoms with van der Waals surface area (Å²) in [5.41, 5.74) is 0.424. The monoisotopic (exact) mass is 160 g/mol. The molecule has 1 heterocycles. The number of hydrogen-bond donors (Lipinski definition) is 0. The molecule has 0 aliphatic heterocycles. The summed E-state index contributed by atoms with van der Waals surface area (Å²) in [6.07, 6.45) is 3.12. The minimum absolute atomic E-state index is 0.0632. The SMILES string of the molecule is CC#CCC(=O)c1ccncn1. The first-order chi connectivity index (χ1) is 5.84. The van der Waals surface area contributed by atoms with Gasteiger partial charge in [0.2, 0.25) is 0 Å². The second kappa shape index (κ2) is 4.24. The largest absolute Gasteiger partial charge is 0.291 e. The molecule has 1 rings (SSSR count). The maximum absolute atomic E-state index is 11.2. The van der Waals surface area contributed by atoms with E-state index < -0.39 is 0 Å². The molecule has 0 spiro atoms. The third-order valence-electron chi connectivity index (χ3n) is 1.29. The smallest absolute Gasteiger partial charge is 0.193 e. The lowest BCUT2D eigenvalue weighted by Gasteiger charge is -1.92. The van der Waals surface area contributed by atoms with Crippen LogP contribution in [0.5, 0.6) is 0 Å². The van der Waals surface area contributed by atoms with E-state index in [1.165, 1.54) is 6.33 Å². The van der Waals surface area contributed by atoms with Gasteiger partial charge in [-0.1, -0.05) is 5.92 Å². The predicted octanol–water partition coefficient (Wildman–Crippen LogP) is 1.07. The standard InChI is InChI=1S/C9H8N2O/c1-2-3-4-9(12)8-5-6-10-7-11-8/h5-7H,4H2,1H3. The van der Waals surface area contributed by atoms with Gasteiger partial charge in [-0.2, -0.15) is 0 Å². The van der Waals surface area contributed by atoms with Crippen molar-refractivity contribution in [3.8, 4) is 11.8 Å². The Bertz CT molecular complexity index is 321. The number of Topliss-reactive ketones (excluding diaryl/α,β-unsaturated/α-hetero) is 1. The fraction of sp³-hybridized carbons (Fsp3) is 0.222. The average Bonchev–Trinajstić information content (AvgIpc) is 2.15. The molecule has 0 aliphatic carbocycles. The Morgan fingerprint density at radius 3 is 3.08 bits per heavy atom. The average molecular weight is 160 g/mol. The maximum Gasteiger partial charge on any atom is 0.193 e. The van der Waals surface area contributed by atoms with E-state index in [1.54, 1.807) is 19.2 Å². The van der Waals surface area contributed by atoms with Gasteiger partial charge in [-0.3, -0.25) is 4.79 Å². The molecule has 0 fully saturated rings. The van der Waals surface area contributed by atoms with Gasteiger partial charge in [0.15, 0.2) is 5.78 Å². The fourth-order valence-electron chi connectivity index (χ4n) is 0.715. The molecule has 0 N–H and O–H groups in total. The molecule has 0 unspecified atom stereocenters. The van der Waals surface area contributed by atoms with Crippen molar-refractivity contribution in [2.45, 2.75) is 13.3 Å². The fourth-order valence-corrected chi connectivity index (χ4v) is 0.715. The van der Waals surface area contributed by atoms with Crippen LogP contribution in [0.4, 0.5) is 0 Å². The van der Waals surface area contributed by atoms with E-state index in [9.17, 15) is 4.79 Å². The first-order valence-corrected chi connectivity index (χ1v) is 3.53. The molecule has 0 aromatic carbocycles. The molecule has 60 valence electrons. The summed E-state index contributed by atoms with van der Waals surface area (Å²) in [6.45, 7) is 1.70. The molecule has 0 atom stereocenters. The lowest BCUT2D eigenvalue weighted by molar-refractivity contribution is 0.0993. The number of carbonyl (C=O) groups is 1. The Morgan fingerprint density at radius 1 is 1.67 bits per heavy atom. The Hall–Kier alpha value is -1.69. The second-order valence-corrected chi connectivity index (χ2v) is 2.12. The summed E-state index contributed by atoms with van der Waals surface area (Å²) in [7, 11) is 0. The summed E-state index contributed by atoms with van der Waals surface area (Å²) in [6, 6.07) is 1.58. The molecule has 0 radical (unpaired) electrons. The van der Waals surface area contributed by atoms with Gasteiger partial charge in [-0.15, -0.1) is 5.92 Å². The summed E-state index contributed by atoms with van der Waals surface area (Å²) < 4.78 is 0. The van der Waals surface area contributed by atoms with Crippen molar-refractivity contribution in [3.05, 3.63) is 24.3 Å². The van der Waals surface area contributed by atoms with E-state index in [4.69, 9.17) is 0 Å².